The smallest absolute Gasteiger partial charge is 0.282 e. The van der Waals surface area contributed by atoms with Crippen molar-refractivity contribution >= 4 is 34.2 Å². The predicted molar refractivity (Wildman–Crippen MR) is 97.4 cm³/mol. The third-order valence-corrected chi connectivity index (χ3v) is 6.46. The first-order chi connectivity index (χ1) is 11.7. The van der Waals surface area contributed by atoms with Crippen LogP contribution < -0.4 is 0 Å². The van der Waals surface area contributed by atoms with Crippen LogP contribution in [0.4, 0.5) is 4.79 Å². The maximum atomic E-state index is 12.9. The lowest BCUT2D eigenvalue weighted by molar-refractivity contribution is -0.133. The van der Waals surface area contributed by atoms with Crippen LogP contribution >= 0.6 is 23.1 Å². The Hall–Kier alpha value is -1.79. The van der Waals surface area contributed by atoms with Gasteiger partial charge in [-0.25, -0.2) is 0 Å². The molecule has 1 fully saturated rings. The Morgan fingerprint density at radius 3 is 2.75 bits per heavy atom. The molecule has 1 unspecified atom stereocenters. The summed E-state index contributed by atoms with van der Waals surface area (Å²) in [5.41, 5.74) is 2.36. The summed E-state index contributed by atoms with van der Waals surface area (Å²) in [7, 11) is 0. The van der Waals surface area contributed by atoms with Gasteiger partial charge < -0.3 is 9.80 Å². The molecule has 3 heterocycles. The quantitative estimate of drug-likeness (QED) is 0.844. The van der Waals surface area contributed by atoms with E-state index in [4.69, 9.17) is 0 Å². The van der Waals surface area contributed by atoms with Gasteiger partial charge >= 0.3 is 0 Å². The van der Waals surface area contributed by atoms with E-state index in [1.807, 2.05) is 23.1 Å². The molecule has 1 aromatic heterocycles. The van der Waals surface area contributed by atoms with Crippen molar-refractivity contribution in [3.05, 3.63) is 57.8 Å². The zero-order valence-electron chi connectivity index (χ0n) is 13.2. The first kappa shape index (κ1) is 15.7. The standard InChI is InChI=1S/C18H18N2O2S2/c21-16(12-19-9-11-24-18(19)22)20-8-6-15-14(7-10-23-15)17(20)13-4-2-1-3-5-13/h1-5,7,10,17H,6,8-9,11-12H2. The third-order valence-electron chi connectivity index (χ3n) is 4.57. The van der Waals surface area contributed by atoms with Crippen molar-refractivity contribution in [1.29, 1.82) is 0 Å². The molecule has 1 saturated heterocycles. The van der Waals surface area contributed by atoms with Gasteiger partial charge in [0.25, 0.3) is 5.24 Å². The predicted octanol–water partition coefficient (Wildman–Crippen LogP) is 3.39. The number of carbonyl (C=O) groups excluding carboxylic acids is 2. The number of benzene rings is 1. The van der Waals surface area contributed by atoms with Gasteiger partial charge in [-0.3, -0.25) is 9.59 Å². The van der Waals surface area contributed by atoms with Gasteiger partial charge in [-0.05, 0) is 29.0 Å². The van der Waals surface area contributed by atoms with Gasteiger partial charge in [-0.15, -0.1) is 11.3 Å². The Balaban J connectivity index is 1.63. The van der Waals surface area contributed by atoms with Crippen molar-refractivity contribution < 1.29 is 9.59 Å². The summed E-state index contributed by atoms with van der Waals surface area (Å²) >= 11 is 3.06. The number of hydrogen-bond acceptors (Lipinski definition) is 4. The Kier molecular flexibility index (Phi) is 4.33. The van der Waals surface area contributed by atoms with E-state index < -0.39 is 0 Å². The number of thiophene rings is 1. The lowest BCUT2D eigenvalue weighted by Gasteiger charge is -2.37. The number of nitrogens with zero attached hydrogens (tertiary/aromatic N) is 2. The molecule has 6 heteroatoms. The van der Waals surface area contributed by atoms with Crippen LogP contribution in [0.3, 0.4) is 0 Å². The van der Waals surface area contributed by atoms with Crippen LogP contribution in [0.1, 0.15) is 22.0 Å². The summed E-state index contributed by atoms with van der Waals surface area (Å²) < 4.78 is 0. The Bertz CT molecular complexity index is 759. The first-order valence-corrected chi connectivity index (χ1v) is 9.93. The van der Waals surface area contributed by atoms with Gasteiger partial charge in [0.2, 0.25) is 5.91 Å². The van der Waals surface area contributed by atoms with Gasteiger partial charge in [0.15, 0.2) is 0 Å². The summed E-state index contributed by atoms with van der Waals surface area (Å²) in [6, 6.07) is 12.3. The van der Waals surface area contributed by atoms with Crippen LogP contribution in [0.5, 0.6) is 0 Å². The van der Waals surface area contributed by atoms with Gasteiger partial charge in [0, 0.05) is 23.7 Å². The molecule has 0 spiro atoms. The molecule has 0 saturated carbocycles. The summed E-state index contributed by atoms with van der Waals surface area (Å²) in [5.74, 6) is 0.819. The second kappa shape index (κ2) is 6.61. The van der Waals surface area contributed by atoms with Gasteiger partial charge in [-0.1, -0.05) is 42.1 Å². The molecule has 0 aliphatic carbocycles. The van der Waals surface area contributed by atoms with Crippen LogP contribution in [-0.2, 0) is 11.2 Å². The molecule has 2 aliphatic rings. The highest BCUT2D eigenvalue weighted by Gasteiger charge is 2.34. The van der Waals surface area contributed by atoms with Crippen LogP contribution in [0, 0.1) is 0 Å². The summed E-state index contributed by atoms with van der Waals surface area (Å²) in [6.07, 6.45) is 0.894. The molecule has 0 radical (unpaired) electrons. The highest BCUT2D eigenvalue weighted by molar-refractivity contribution is 8.13. The lowest BCUT2D eigenvalue weighted by atomic mass is 9.93. The molecular formula is C18H18N2O2S2. The number of fused-ring (bicyclic) bond motifs is 1. The highest BCUT2D eigenvalue weighted by Crippen LogP contribution is 2.37. The van der Waals surface area contributed by atoms with Crippen molar-refractivity contribution in [1.82, 2.24) is 9.80 Å². The minimum atomic E-state index is -0.0425. The van der Waals surface area contributed by atoms with Crippen molar-refractivity contribution in [3.63, 3.8) is 0 Å². The molecule has 4 nitrogen and oxygen atoms in total. The third kappa shape index (κ3) is 2.84. The normalized spacial score (nSPS) is 20.3. The monoisotopic (exact) mass is 358 g/mol. The zero-order valence-corrected chi connectivity index (χ0v) is 14.8. The molecule has 0 bridgehead atoms. The van der Waals surface area contributed by atoms with E-state index in [-0.39, 0.29) is 23.7 Å². The number of carbonyl (C=O) groups is 2. The van der Waals surface area contributed by atoms with Crippen LogP contribution in [0.15, 0.2) is 41.8 Å². The summed E-state index contributed by atoms with van der Waals surface area (Å²) in [5, 5.41) is 2.13. The average Bonchev–Trinajstić information content (AvgIpc) is 3.24. The minimum absolute atomic E-state index is 0.0212. The maximum absolute atomic E-state index is 12.9. The van der Waals surface area contributed by atoms with E-state index in [2.05, 4.69) is 23.6 Å². The fourth-order valence-electron chi connectivity index (χ4n) is 3.40. The number of amides is 2. The summed E-state index contributed by atoms with van der Waals surface area (Å²) in [6.45, 7) is 1.57. The minimum Gasteiger partial charge on any atom is -0.330 e. The largest absolute Gasteiger partial charge is 0.330 e. The number of thioether (sulfide) groups is 1. The van der Waals surface area contributed by atoms with E-state index in [0.29, 0.717) is 13.1 Å². The fraction of sp³-hybridized carbons (Fsp3) is 0.333. The van der Waals surface area contributed by atoms with Crippen molar-refractivity contribution in [2.24, 2.45) is 0 Å². The second-order valence-corrected chi connectivity index (χ2v) is 8.03. The van der Waals surface area contributed by atoms with Gasteiger partial charge in [0.1, 0.15) is 6.54 Å². The molecule has 2 amide bonds. The van der Waals surface area contributed by atoms with Crippen LogP contribution in [0.2, 0.25) is 0 Å². The number of rotatable bonds is 3. The molecule has 4 rings (SSSR count). The Morgan fingerprint density at radius 1 is 1.17 bits per heavy atom. The first-order valence-electron chi connectivity index (χ1n) is 8.06. The number of hydrogen-bond donors (Lipinski definition) is 0. The van der Waals surface area contributed by atoms with E-state index in [0.717, 1.165) is 17.7 Å². The SMILES string of the molecule is O=C1SCCN1CC(=O)N1CCc2sccc2C1c1ccccc1. The van der Waals surface area contributed by atoms with E-state index >= 15 is 0 Å². The van der Waals surface area contributed by atoms with Crippen LogP contribution in [-0.4, -0.2) is 46.3 Å². The van der Waals surface area contributed by atoms with Crippen molar-refractivity contribution in [2.45, 2.75) is 12.5 Å². The maximum Gasteiger partial charge on any atom is 0.282 e. The van der Waals surface area contributed by atoms with Crippen molar-refractivity contribution in [2.75, 3.05) is 25.4 Å². The lowest BCUT2D eigenvalue weighted by Crippen LogP contribution is -2.45. The van der Waals surface area contributed by atoms with Crippen molar-refractivity contribution in [3.8, 4) is 0 Å². The average molecular weight is 358 g/mol. The van der Waals surface area contributed by atoms with E-state index in [1.165, 1.54) is 22.2 Å². The molecule has 2 aliphatic heterocycles. The molecule has 124 valence electrons. The molecule has 2 aromatic rings. The molecule has 1 aromatic carbocycles. The summed E-state index contributed by atoms with van der Waals surface area (Å²) in [4.78, 5) is 29.7. The molecular weight excluding hydrogens is 340 g/mol. The van der Waals surface area contributed by atoms with E-state index in [9.17, 15) is 9.59 Å². The zero-order chi connectivity index (χ0) is 16.5. The van der Waals surface area contributed by atoms with Gasteiger partial charge in [0.05, 0.1) is 6.04 Å². The van der Waals surface area contributed by atoms with E-state index in [1.54, 1.807) is 16.2 Å². The molecule has 0 N–H and O–H groups in total. The Labute approximate surface area is 149 Å². The topological polar surface area (TPSA) is 40.6 Å². The Morgan fingerprint density at radius 2 is 2.00 bits per heavy atom. The molecule has 24 heavy (non-hydrogen) atoms. The highest BCUT2D eigenvalue weighted by atomic mass is 32.2. The van der Waals surface area contributed by atoms with Gasteiger partial charge in [-0.2, -0.15) is 0 Å². The van der Waals surface area contributed by atoms with Crippen LogP contribution in [0.25, 0.3) is 0 Å². The molecule has 1 atom stereocenters. The fourth-order valence-corrected chi connectivity index (χ4v) is 5.13. The second-order valence-electron chi connectivity index (χ2n) is 5.99.